The van der Waals surface area contributed by atoms with Crippen LogP contribution in [0.3, 0.4) is 0 Å². The van der Waals surface area contributed by atoms with Crippen LogP contribution in [0.25, 0.3) is 22.0 Å². The molecule has 2 aromatic carbocycles. The number of carboxylic acids is 1. The molecule has 1 aliphatic heterocycles. The van der Waals surface area contributed by atoms with Gasteiger partial charge in [0.1, 0.15) is 6.07 Å². The summed E-state index contributed by atoms with van der Waals surface area (Å²) in [5.41, 5.74) is 5.67. The van der Waals surface area contributed by atoms with E-state index in [1.807, 2.05) is 59.0 Å². The standard InChI is InChI=1S/C26H29N3O3/c1-15-7-9-17(10-8-15)20-18-13-16(2)29-12-11-28(6)22(23(18)29)19(14-27)21(20)24(25(30)31)32-26(3,4)5/h7-10,13,24H,11-12H2,1-6H3,(H,30,31). The molecule has 1 unspecified atom stereocenters. The van der Waals surface area contributed by atoms with Crippen LogP contribution < -0.4 is 4.90 Å². The molecule has 2 heterocycles. The summed E-state index contributed by atoms with van der Waals surface area (Å²) in [5, 5.41) is 21.5. The molecule has 0 saturated heterocycles. The van der Waals surface area contributed by atoms with E-state index in [4.69, 9.17) is 4.74 Å². The molecular weight excluding hydrogens is 402 g/mol. The van der Waals surface area contributed by atoms with E-state index in [1.165, 1.54) is 0 Å². The van der Waals surface area contributed by atoms with Gasteiger partial charge in [-0.25, -0.2) is 4.79 Å². The molecule has 0 radical (unpaired) electrons. The highest BCUT2D eigenvalue weighted by atomic mass is 16.5. The van der Waals surface area contributed by atoms with Crippen LogP contribution in [0.15, 0.2) is 30.3 Å². The van der Waals surface area contributed by atoms with Gasteiger partial charge in [0.05, 0.1) is 22.4 Å². The summed E-state index contributed by atoms with van der Waals surface area (Å²) in [5.74, 6) is -1.11. The van der Waals surface area contributed by atoms with Crippen LogP contribution in [-0.4, -0.2) is 34.8 Å². The SMILES string of the molecule is Cc1ccc(-c2c(C(OC(C)(C)C)C(=O)O)c(C#N)c3c4c2cc(C)n4CCN3C)cc1. The molecule has 3 aromatic rings. The Labute approximate surface area is 188 Å². The largest absolute Gasteiger partial charge is 0.479 e. The minimum atomic E-state index is -1.28. The van der Waals surface area contributed by atoms with Crippen molar-refractivity contribution < 1.29 is 14.6 Å². The first-order valence-corrected chi connectivity index (χ1v) is 10.8. The molecule has 1 aromatic heterocycles. The topological polar surface area (TPSA) is 78.5 Å². The molecule has 1 aliphatic rings. The second kappa shape index (κ2) is 7.68. The zero-order valence-electron chi connectivity index (χ0n) is 19.5. The molecule has 0 bridgehead atoms. The number of aryl methyl sites for hydroxylation is 2. The smallest absolute Gasteiger partial charge is 0.337 e. The molecule has 0 spiro atoms. The lowest BCUT2D eigenvalue weighted by Gasteiger charge is -2.33. The molecule has 4 rings (SSSR count). The van der Waals surface area contributed by atoms with Gasteiger partial charge in [-0.1, -0.05) is 29.8 Å². The number of aliphatic carboxylic acids is 1. The fourth-order valence-electron chi connectivity index (χ4n) is 4.65. The summed E-state index contributed by atoms with van der Waals surface area (Å²) < 4.78 is 8.31. The van der Waals surface area contributed by atoms with Crippen LogP contribution in [0.2, 0.25) is 0 Å². The Morgan fingerprint density at radius 1 is 1.19 bits per heavy atom. The van der Waals surface area contributed by atoms with Crippen LogP contribution in [0, 0.1) is 25.2 Å². The van der Waals surface area contributed by atoms with Gasteiger partial charge in [0.2, 0.25) is 0 Å². The highest BCUT2D eigenvalue weighted by molar-refractivity contribution is 6.08. The van der Waals surface area contributed by atoms with Crippen molar-refractivity contribution >= 4 is 22.6 Å². The van der Waals surface area contributed by atoms with Crippen molar-refractivity contribution in [1.82, 2.24) is 4.57 Å². The number of anilines is 1. The summed E-state index contributed by atoms with van der Waals surface area (Å²) in [6.45, 7) is 11.1. The first-order chi connectivity index (χ1) is 15.0. The average Bonchev–Trinajstić information content (AvgIpc) is 3.04. The molecule has 6 heteroatoms. The van der Waals surface area contributed by atoms with E-state index in [1.54, 1.807) is 0 Å². The maximum Gasteiger partial charge on any atom is 0.337 e. The van der Waals surface area contributed by atoms with E-state index in [2.05, 4.69) is 28.5 Å². The van der Waals surface area contributed by atoms with E-state index in [9.17, 15) is 15.2 Å². The van der Waals surface area contributed by atoms with Crippen molar-refractivity contribution in [2.45, 2.75) is 52.9 Å². The Morgan fingerprint density at radius 2 is 1.84 bits per heavy atom. The Balaban J connectivity index is 2.21. The number of likely N-dealkylation sites (N-methyl/N-ethyl adjacent to an activating group) is 1. The lowest BCUT2D eigenvalue weighted by Crippen LogP contribution is -2.31. The maximum absolute atomic E-state index is 12.5. The first-order valence-electron chi connectivity index (χ1n) is 10.8. The summed E-state index contributed by atoms with van der Waals surface area (Å²) >= 11 is 0. The Kier molecular flexibility index (Phi) is 5.26. The number of carboxylic acid groups (broad SMARTS) is 1. The Bertz CT molecular complexity index is 1260. The number of aromatic nitrogens is 1. The Hall–Kier alpha value is -3.30. The minimum Gasteiger partial charge on any atom is -0.479 e. The highest BCUT2D eigenvalue weighted by Crippen LogP contribution is 2.47. The number of nitrogens with zero attached hydrogens (tertiary/aromatic N) is 3. The third-order valence-electron chi connectivity index (χ3n) is 6.02. The van der Waals surface area contributed by atoms with Crippen LogP contribution >= 0.6 is 0 Å². The molecule has 1 N–H and O–H groups in total. The fourth-order valence-corrected chi connectivity index (χ4v) is 4.65. The van der Waals surface area contributed by atoms with Gasteiger partial charge in [-0.3, -0.25) is 0 Å². The van der Waals surface area contributed by atoms with E-state index in [-0.39, 0.29) is 0 Å². The van der Waals surface area contributed by atoms with E-state index < -0.39 is 17.7 Å². The average molecular weight is 432 g/mol. The molecule has 0 saturated carbocycles. The van der Waals surface area contributed by atoms with Crippen molar-refractivity contribution in [1.29, 1.82) is 5.26 Å². The van der Waals surface area contributed by atoms with Crippen molar-refractivity contribution in [2.24, 2.45) is 0 Å². The number of nitriles is 1. The number of carbonyl (C=O) groups is 1. The van der Waals surface area contributed by atoms with Gasteiger partial charge in [0.25, 0.3) is 0 Å². The number of hydrogen-bond acceptors (Lipinski definition) is 4. The number of ether oxygens (including phenoxy) is 1. The van der Waals surface area contributed by atoms with Crippen LogP contribution in [-0.2, 0) is 16.1 Å². The van der Waals surface area contributed by atoms with Crippen LogP contribution in [0.1, 0.15) is 49.3 Å². The van der Waals surface area contributed by atoms with Crippen molar-refractivity contribution in [2.75, 3.05) is 18.5 Å². The summed E-state index contributed by atoms with van der Waals surface area (Å²) in [6, 6.07) is 12.5. The van der Waals surface area contributed by atoms with Gasteiger partial charge in [-0.05, 0) is 51.8 Å². The maximum atomic E-state index is 12.5. The van der Waals surface area contributed by atoms with Crippen LogP contribution in [0.4, 0.5) is 5.69 Å². The predicted molar refractivity (Wildman–Crippen MR) is 126 cm³/mol. The predicted octanol–water partition coefficient (Wildman–Crippen LogP) is 5.19. The lowest BCUT2D eigenvalue weighted by molar-refractivity contribution is -0.160. The lowest BCUT2D eigenvalue weighted by atomic mass is 9.86. The summed E-state index contributed by atoms with van der Waals surface area (Å²) in [7, 11) is 1.96. The molecule has 0 amide bonds. The molecule has 32 heavy (non-hydrogen) atoms. The second-order valence-electron chi connectivity index (χ2n) is 9.56. The molecule has 0 fully saturated rings. The number of rotatable bonds is 4. The third kappa shape index (κ3) is 3.53. The zero-order chi connectivity index (χ0) is 23.4. The molecule has 0 aliphatic carbocycles. The van der Waals surface area contributed by atoms with Gasteiger partial charge < -0.3 is 19.3 Å². The monoisotopic (exact) mass is 431 g/mol. The molecular formula is C26H29N3O3. The third-order valence-corrected chi connectivity index (χ3v) is 6.02. The molecule has 1 atom stereocenters. The highest BCUT2D eigenvalue weighted by Gasteiger charge is 2.36. The van der Waals surface area contributed by atoms with E-state index in [0.29, 0.717) is 11.1 Å². The van der Waals surface area contributed by atoms with E-state index >= 15 is 0 Å². The van der Waals surface area contributed by atoms with Crippen LogP contribution in [0.5, 0.6) is 0 Å². The molecule has 6 nitrogen and oxygen atoms in total. The second-order valence-corrected chi connectivity index (χ2v) is 9.56. The van der Waals surface area contributed by atoms with Gasteiger partial charge in [-0.2, -0.15) is 5.26 Å². The van der Waals surface area contributed by atoms with Gasteiger partial charge in [0, 0.05) is 36.8 Å². The van der Waals surface area contributed by atoms with Crippen molar-refractivity contribution in [3.05, 3.63) is 52.7 Å². The summed E-state index contributed by atoms with van der Waals surface area (Å²) in [6.07, 6.45) is -1.28. The van der Waals surface area contributed by atoms with E-state index in [0.717, 1.165) is 52.1 Å². The number of hydrogen-bond donors (Lipinski definition) is 1. The van der Waals surface area contributed by atoms with Gasteiger partial charge in [-0.15, -0.1) is 0 Å². The van der Waals surface area contributed by atoms with Crippen molar-refractivity contribution in [3.63, 3.8) is 0 Å². The zero-order valence-corrected chi connectivity index (χ0v) is 19.5. The normalized spacial score (nSPS) is 14.5. The number of benzene rings is 2. The molecule has 166 valence electrons. The Morgan fingerprint density at radius 3 is 2.41 bits per heavy atom. The quantitative estimate of drug-likeness (QED) is 0.615. The van der Waals surface area contributed by atoms with Gasteiger partial charge >= 0.3 is 5.97 Å². The first kappa shape index (κ1) is 21.9. The fraction of sp³-hybridized carbons (Fsp3) is 0.385. The van der Waals surface area contributed by atoms with Gasteiger partial charge in [0.15, 0.2) is 6.10 Å². The summed E-state index contributed by atoms with van der Waals surface area (Å²) in [4.78, 5) is 14.6. The van der Waals surface area contributed by atoms with Crippen molar-refractivity contribution in [3.8, 4) is 17.2 Å². The minimum absolute atomic E-state index is 0.367.